The largest absolute Gasteiger partial charge is 0.504 e. The first-order valence-electron chi connectivity index (χ1n) is 5.68. The van der Waals surface area contributed by atoms with Gasteiger partial charge in [0.15, 0.2) is 17.8 Å². The smallest absolute Gasteiger partial charge is 0.277 e. The number of phenols is 1. The first-order valence-corrected chi connectivity index (χ1v) is 5.68. The summed E-state index contributed by atoms with van der Waals surface area (Å²) in [4.78, 5) is 21.5. The molecule has 2 aromatic rings. The number of aldehydes is 1. The van der Waals surface area contributed by atoms with Gasteiger partial charge < -0.3 is 9.84 Å². The summed E-state index contributed by atoms with van der Waals surface area (Å²) in [5.41, 5.74) is 0.697. The van der Waals surface area contributed by atoms with E-state index < -0.39 is 4.92 Å². The molecule has 6 nitrogen and oxygen atoms in total. The Morgan fingerprint density at radius 2 is 2.00 bits per heavy atom. The number of benzene rings is 2. The van der Waals surface area contributed by atoms with Crippen LogP contribution in [0.2, 0.25) is 0 Å². The molecule has 0 aliphatic heterocycles. The molecule has 0 heterocycles. The molecule has 6 heteroatoms. The number of nitro benzene ring substituents is 1. The Bertz CT molecular complexity index is 681. The third-order valence-corrected chi connectivity index (χ3v) is 2.86. The highest BCUT2D eigenvalue weighted by atomic mass is 16.6. The lowest BCUT2D eigenvalue weighted by atomic mass is 10.0. The molecule has 0 atom stereocenters. The third-order valence-electron chi connectivity index (χ3n) is 2.86. The number of hydrogen-bond donors (Lipinski definition) is 1. The summed E-state index contributed by atoms with van der Waals surface area (Å²) in [5.74, 6) is -0.201. The second kappa shape index (κ2) is 5.40. The van der Waals surface area contributed by atoms with Gasteiger partial charge in [-0.15, -0.1) is 0 Å². The second-order valence-electron chi connectivity index (χ2n) is 4.01. The van der Waals surface area contributed by atoms with Gasteiger partial charge in [0.1, 0.15) is 0 Å². The first-order chi connectivity index (χ1) is 9.58. The van der Waals surface area contributed by atoms with E-state index in [1.807, 2.05) is 0 Å². The molecular weight excluding hydrogens is 262 g/mol. The van der Waals surface area contributed by atoms with E-state index in [0.29, 0.717) is 17.4 Å². The molecule has 0 saturated carbocycles. The van der Waals surface area contributed by atoms with Crippen molar-refractivity contribution in [3.05, 3.63) is 52.1 Å². The summed E-state index contributed by atoms with van der Waals surface area (Å²) >= 11 is 0. The molecule has 0 unspecified atom stereocenters. The van der Waals surface area contributed by atoms with Crippen LogP contribution in [0.1, 0.15) is 10.4 Å². The highest BCUT2D eigenvalue weighted by Crippen LogP contribution is 2.37. The normalized spacial score (nSPS) is 10.1. The molecule has 20 heavy (non-hydrogen) atoms. The Labute approximate surface area is 114 Å². The van der Waals surface area contributed by atoms with Crippen LogP contribution in [0.3, 0.4) is 0 Å². The summed E-state index contributed by atoms with van der Waals surface area (Å²) in [6.07, 6.45) is 0.468. The average molecular weight is 273 g/mol. The van der Waals surface area contributed by atoms with Crippen molar-refractivity contribution in [1.82, 2.24) is 0 Å². The van der Waals surface area contributed by atoms with Crippen LogP contribution >= 0.6 is 0 Å². The van der Waals surface area contributed by atoms with E-state index >= 15 is 0 Å². The number of methoxy groups -OCH3 is 1. The first kappa shape index (κ1) is 13.5. The van der Waals surface area contributed by atoms with E-state index in [2.05, 4.69) is 0 Å². The van der Waals surface area contributed by atoms with Crippen molar-refractivity contribution in [2.24, 2.45) is 0 Å². The van der Waals surface area contributed by atoms with Gasteiger partial charge in [-0.1, -0.05) is 12.1 Å². The molecule has 2 aromatic carbocycles. The van der Waals surface area contributed by atoms with Crippen LogP contribution in [0.15, 0.2) is 36.4 Å². The highest BCUT2D eigenvalue weighted by Gasteiger charge is 2.17. The minimum atomic E-state index is -0.505. The maximum atomic E-state index is 11.0. The molecular formula is C14H11NO5. The van der Waals surface area contributed by atoms with Gasteiger partial charge in [0.05, 0.1) is 23.2 Å². The average Bonchev–Trinajstić information content (AvgIpc) is 2.47. The standard InChI is InChI=1S/C14H11NO5/c1-20-13-7-9(6-10(8-16)14(13)17)11-4-2-3-5-12(11)15(18)19/h2-8,17H,1H3. The monoisotopic (exact) mass is 273 g/mol. The van der Waals surface area contributed by atoms with Gasteiger partial charge in [-0.2, -0.15) is 0 Å². The van der Waals surface area contributed by atoms with Gasteiger partial charge in [0, 0.05) is 6.07 Å². The van der Waals surface area contributed by atoms with E-state index in [9.17, 15) is 20.0 Å². The lowest BCUT2D eigenvalue weighted by molar-refractivity contribution is -0.384. The number of nitrogens with zero attached hydrogens (tertiary/aromatic N) is 1. The third kappa shape index (κ3) is 2.31. The number of carbonyl (C=O) groups is 1. The number of carbonyl (C=O) groups excluding carboxylic acids is 1. The van der Waals surface area contributed by atoms with Gasteiger partial charge in [-0.25, -0.2) is 0 Å². The van der Waals surface area contributed by atoms with Crippen molar-refractivity contribution in [1.29, 1.82) is 0 Å². The fraction of sp³-hybridized carbons (Fsp3) is 0.0714. The Morgan fingerprint density at radius 1 is 1.30 bits per heavy atom. The van der Waals surface area contributed by atoms with Gasteiger partial charge >= 0.3 is 0 Å². The summed E-state index contributed by atoms with van der Waals surface area (Å²) in [6.45, 7) is 0. The molecule has 0 spiro atoms. The van der Waals surface area contributed by atoms with Crippen molar-refractivity contribution < 1.29 is 19.6 Å². The van der Waals surface area contributed by atoms with Crippen molar-refractivity contribution in [3.63, 3.8) is 0 Å². The summed E-state index contributed by atoms with van der Waals surface area (Å²) in [5, 5.41) is 20.8. The fourth-order valence-corrected chi connectivity index (χ4v) is 1.91. The Morgan fingerprint density at radius 3 is 2.60 bits per heavy atom. The quantitative estimate of drug-likeness (QED) is 0.525. The minimum absolute atomic E-state index is 0.0116. The topological polar surface area (TPSA) is 89.7 Å². The van der Waals surface area contributed by atoms with E-state index in [-0.39, 0.29) is 22.7 Å². The van der Waals surface area contributed by atoms with E-state index in [1.54, 1.807) is 18.2 Å². The molecule has 0 fully saturated rings. The van der Waals surface area contributed by atoms with Crippen LogP contribution in [-0.2, 0) is 0 Å². The summed E-state index contributed by atoms with van der Waals surface area (Å²) < 4.78 is 4.97. The van der Waals surface area contributed by atoms with Gasteiger partial charge in [0.25, 0.3) is 5.69 Å². The number of phenolic OH excluding ortho intramolecular Hbond substituents is 1. The minimum Gasteiger partial charge on any atom is -0.504 e. The van der Waals surface area contributed by atoms with Crippen LogP contribution in [0, 0.1) is 10.1 Å². The molecule has 102 valence electrons. The zero-order chi connectivity index (χ0) is 14.7. The van der Waals surface area contributed by atoms with E-state index in [0.717, 1.165) is 0 Å². The van der Waals surface area contributed by atoms with Crippen molar-refractivity contribution in [2.45, 2.75) is 0 Å². The molecule has 0 aliphatic rings. The molecule has 1 N–H and O–H groups in total. The maximum Gasteiger partial charge on any atom is 0.277 e. The Balaban J connectivity index is 2.70. The summed E-state index contributed by atoms with van der Waals surface area (Å²) in [6, 6.07) is 8.98. The van der Waals surface area contributed by atoms with Crippen molar-refractivity contribution in [2.75, 3.05) is 7.11 Å². The molecule has 0 amide bonds. The van der Waals surface area contributed by atoms with Crippen molar-refractivity contribution in [3.8, 4) is 22.6 Å². The number of para-hydroxylation sites is 1. The molecule has 0 saturated heterocycles. The van der Waals surface area contributed by atoms with Crippen LogP contribution in [-0.4, -0.2) is 23.4 Å². The van der Waals surface area contributed by atoms with Gasteiger partial charge in [-0.05, 0) is 23.8 Å². The zero-order valence-electron chi connectivity index (χ0n) is 10.6. The number of rotatable bonds is 4. The van der Waals surface area contributed by atoms with E-state index in [1.165, 1.54) is 25.3 Å². The lowest BCUT2D eigenvalue weighted by Gasteiger charge is -2.09. The maximum absolute atomic E-state index is 11.0. The molecule has 2 rings (SSSR count). The van der Waals surface area contributed by atoms with Gasteiger partial charge in [0.2, 0.25) is 0 Å². The molecule has 0 bridgehead atoms. The molecule has 0 aromatic heterocycles. The SMILES string of the molecule is COc1cc(-c2ccccc2[N+](=O)[O-])cc(C=O)c1O. The van der Waals surface area contributed by atoms with Crippen LogP contribution in [0.5, 0.6) is 11.5 Å². The number of nitro groups is 1. The number of hydrogen-bond acceptors (Lipinski definition) is 5. The second-order valence-corrected chi connectivity index (χ2v) is 4.01. The van der Waals surface area contributed by atoms with Crippen LogP contribution < -0.4 is 4.74 Å². The molecule has 0 radical (unpaired) electrons. The lowest BCUT2D eigenvalue weighted by Crippen LogP contribution is -1.94. The summed E-state index contributed by atoms with van der Waals surface area (Å²) in [7, 11) is 1.34. The van der Waals surface area contributed by atoms with Crippen molar-refractivity contribution >= 4 is 12.0 Å². The number of aromatic hydroxyl groups is 1. The zero-order valence-corrected chi connectivity index (χ0v) is 10.6. The van der Waals surface area contributed by atoms with Crippen LogP contribution in [0.4, 0.5) is 5.69 Å². The Kier molecular flexibility index (Phi) is 3.65. The predicted molar refractivity (Wildman–Crippen MR) is 72.1 cm³/mol. The Hall–Kier alpha value is -2.89. The van der Waals surface area contributed by atoms with E-state index in [4.69, 9.17) is 4.74 Å². The predicted octanol–water partition coefficient (Wildman–Crippen LogP) is 2.79. The number of ether oxygens (including phenoxy) is 1. The molecule has 0 aliphatic carbocycles. The highest BCUT2D eigenvalue weighted by molar-refractivity contribution is 5.86. The van der Waals surface area contributed by atoms with Crippen LogP contribution in [0.25, 0.3) is 11.1 Å². The fourth-order valence-electron chi connectivity index (χ4n) is 1.91. The van der Waals surface area contributed by atoms with Gasteiger partial charge in [-0.3, -0.25) is 14.9 Å².